The molecule has 1 aliphatic carbocycles. The van der Waals surface area contributed by atoms with Crippen LogP contribution in [0.1, 0.15) is 48.4 Å². The van der Waals surface area contributed by atoms with Crippen LogP contribution in [0.5, 0.6) is 5.75 Å². The molecule has 0 unspecified atom stereocenters. The van der Waals surface area contributed by atoms with Gasteiger partial charge < -0.3 is 14.4 Å². The molecule has 1 saturated carbocycles. The molecular formula is C22H30N2O3S. The van der Waals surface area contributed by atoms with Crippen molar-refractivity contribution < 1.29 is 14.3 Å². The zero-order chi connectivity index (χ0) is 19.8. The highest BCUT2D eigenvalue weighted by Crippen LogP contribution is 2.27. The van der Waals surface area contributed by atoms with Crippen molar-refractivity contribution >= 4 is 17.2 Å². The Morgan fingerprint density at radius 3 is 2.89 bits per heavy atom. The molecule has 0 atom stereocenters. The molecule has 1 amide bonds. The van der Waals surface area contributed by atoms with Crippen molar-refractivity contribution in [3.8, 4) is 5.75 Å². The first-order valence-corrected chi connectivity index (χ1v) is 10.9. The number of methoxy groups -OCH3 is 1. The van der Waals surface area contributed by atoms with Crippen molar-refractivity contribution in [3.05, 3.63) is 45.9 Å². The second kappa shape index (κ2) is 10.6. The third kappa shape index (κ3) is 6.04. The van der Waals surface area contributed by atoms with E-state index in [1.807, 2.05) is 41.5 Å². The van der Waals surface area contributed by atoms with E-state index in [4.69, 9.17) is 14.5 Å². The Balaban J connectivity index is 1.58. The predicted octanol–water partition coefficient (Wildman–Crippen LogP) is 4.59. The second-order valence-electron chi connectivity index (χ2n) is 7.43. The smallest absolute Gasteiger partial charge is 0.226 e. The summed E-state index contributed by atoms with van der Waals surface area (Å²) < 4.78 is 11.0. The minimum atomic E-state index is 0.185. The molecule has 5 nitrogen and oxygen atoms in total. The Bertz CT molecular complexity index is 756. The number of amides is 1. The number of hydrogen-bond acceptors (Lipinski definition) is 5. The summed E-state index contributed by atoms with van der Waals surface area (Å²) in [5.41, 5.74) is 2.12. The van der Waals surface area contributed by atoms with Gasteiger partial charge in [0.05, 0.1) is 12.2 Å². The molecule has 6 heteroatoms. The van der Waals surface area contributed by atoms with Crippen molar-refractivity contribution in [1.82, 2.24) is 9.88 Å². The van der Waals surface area contributed by atoms with Crippen molar-refractivity contribution in [2.45, 2.75) is 52.2 Å². The normalized spacial score (nSPS) is 14.4. The maximum atomic E-state index is 12.9. The summed E-state index contributed by atoms with van der Waals surface area (Å²) >= 11 is 1.59. The molecule has 1 aromatic carbocycles. The fourth-order valence-electron chi connectivity index (χ4n) is 3.63. The minimum absolute atomic E-state index is 0.185. The molecule has 0 N–H and O–H groups in total. The molecule has 1 fully saturated rings. The van der Waals surface area contributed by atoms with E-state index in [1.165, 1.54) is 18.4 Å². The van der Waals surface area contributed by atoms with Crippen LogP contribution in [0.25, 0.3) is 0 Å². The Hall–Kier alpha value is -1.92. The Morgan fingerprint density at radius 2 is 2.14 bits per heavy atom. The van der Waals surface area contributed by atoms with E-state index in [1.54, 1.807) is 18.4 Å². The molecule has 1 aliphatic rings. The third-order valence-electron chi connectivity index (χ3n) is 5.10. The topological polar surface area (TPSA) is 51.7 Å². The van der Waals surface area contributed by atoms with Gasteiger partial charge in [0.25, 0.3) is 0 Å². The number of aryl methyl sites for hydroxylation is 1. The van der Waals surface area contributed by atoms with Gasteiger partial charge in [0, 0.05) is 31.6 Å². The van der Waals surface area contributed by atoms with Gasteiger partial charge in [0.1, 0.15) is 17.4 Å². The highest BCUT2D eigenvalue weighted by molar-refractivity contribution is 7.09. The van der Waals surface area contributed by atoms with Gasteiger partial charge in [-0.05, 0) is 43.9 Å². The number of carbonyl (C=O) groups is 1. The van der Waals surface area contributed by atoms with Crippen molar-refractivity contribution in [2.24, 2.45) is 5.92 Å². The van der Waals surface area contributed by atoms with Gasteiger partial charge in [-0.15, -0.1) is 11.3 Å². The molecule has 0 spiro atoms. The van der Waals surface area contributed by atoms with E-state index in [9.17, 15) is 4.79 Å². The Kier molecular flexibility index (Phi) is 7.86. The predicted molar refractivity (Wildman–Crippen MR) is 111 cm³/mol. The first-order valence-electron chi connectivity index (χ1n) is 10.1. The van der Waals surface area contributed by atoms with E-state index >= 15 is 0 Å². The lowest BCUT2D eigenvalue weighted by Gasteiger charge is -2.25. The van der Waals surface area contributed by atoms with Crippen LogP contribution in [0, 0.1) is 12.8 Å². The lowest BCUT2D eigenvalue weighted by molar-refractivity contribution is -0.136. The maximum absolute atomic E-state index is 12.9. The zero-order valence-corrected chi connectivity index (χ0v) is 17.7. The molecule has 1 heterocycles. The maximum Gasteiger partial charge on any atom is 0.226 e. The summed E-state index contributed by atoms with van der Waals surface area (Å²) in [5.74, 6) is 1.32. The number of ether oxygens (including phenoxy) is 2. The largest absolute Gasteiger partial charge is 0.486 e. The van der Waals surface area contributed by atoms with Gasteiger partial charge in [0.2, 0.25) is 5.91 Å². The molecule has 2 aromatic rings. The lowest BCUT2D eigenvalue weighted by Crippen LogP contribution is -2.36. The van der Waals surface area contributed by atoms with Crippen LogP contribution < -0.4 is 4.74 Å². The number of thiazole rings is 1. The van der Waals surface area contributed by atoms with Crippen molar-refractivity contribution in [1.29, 1.82) is 0 Å². The summed E-state index contributed by atoms with van der Waals surface area (Å²) in [5, 5.41) is 2.97. The quantitative estimate of drug-likeness (QED) is 0.546. The first kappa shape index (κ1) is 20.8. The molecule has 152 valence electrons. The van der Waals surface area contributed by atoms with Crippen LogP contribution in [0.4, 0.5) is 0 Å². The Morgan fingerprint density at radius 1 is 1.32 bits per heavy atom. The number of benzene rings is 1. The monoisotopic (exact) mass is 402 g/mol. The van der Waals surface area contributed by atoms with Gasteiger partial charge in [0.15, 0.2) is 0 Å². The van der Waals surface area contributed by atoms with E-state index in [2.05, 4.69) is 0 Å². The fraction of sp³-hybridized carbons (Fsp3) is 0.545. The van der Waals surface area contributed by atoms with E-state index in [0.29, 0.717) is 19.8 Å². The summed E-state index contributed by atoms with van der Waals surface area (Å²) in [4.78, 5) is 19.6. The third-order valence-corrected chi connectivity index (χ3v) is 5.97. The van der Waals surface area contributed by atoms with Crippen molar-refractivity contribution in [3.63, 3.8) is 0 Å². The number of hydrogen-bond donors (Lipinski definition) is 0. The van der Waals surface area contributed by atoms with Crippen LogP contribution in [-0.4, -0.2) is 36.1 Å². The van der Waals surface area contributed by atoms with Gasteiger partial charge in [-0.25, -0.2) is 4.98 Å². The van der Waals surface area contributed by atoms with E-state index < -0.39 is 0 Å². The van der Waals surface area contributed by atoms with Crippen LogP contribution >= 0.6 is 11.3 Å². The molecule has 0 radical (unpaired) electrons. The molecule has 1 aromatic heterocycles. The summed E-state index contributed by atoms with van der Waals surface area (Å²) in [6, 6.07) is 8.02. The SMILES string of the molecule is COCCCN(Cc1csc(COc2cccc(C)c2)n1)C(=O)C1CCCC1. The second-order valence-corrected chi connectivity index (χ2v) is 8.37. The van der Waals surface area contributed by atoms with Gasteiger partial charge in [-0.2, -0.15) is 0 Å². The van der Waals surface area contributed by atoms with Gasteiger partial charge in [-0.1, -0.05) is 25.0 Å². The molecule has 28 heavy (non-hydrogen) atoms. The highest BCUT2D eigenvalue weighted by Gasteiger charge is 2.27. The zero-order valence-electron chi connectivity index (χ0n) is 16.9. The standard InChI is InChI=1S/C22H30N2O3S/c1-17-7-5-10-20(13-17)27-15-21-23-19(16-28-21)14-24(11-6-12-26-2)22(25)18-8-3-4-9-18/h5,7,10,13,16,18H,3-4,6,8-9,11-12,14-15H2,1-2H3. The van der Waals surface area contributed by atoms with E-state index in [0.717, 1.165) is 42.3 Å². The summed E-state index contributed by atoms with van der Waals surface area (Å²) in [7, 11) is 1.70. The van der Waals surface area contributed by atoms with Crippen LogP contribution in [0.3, 0.4) is 0 Å². The summed E-state index contributed by atoms with van der Waals surface area (Å²) in [6.45, 7) is 4.46. The average Bonchev–Trinajstić information content (AvgIpc) is 3.37. The van der Waals surface area contributed by atoms with Crippen molar-refractivity contribution in [2.75, 3.05) is 20.3 Å². The molecular weight excluding hydrogens is 372 g/mol. The first-order chi connectivity index (χ1) is 13.7. The molecule has 0 bridgehead atoms. The van der Waals surface area contributed by atoms with Gasteiger partial charge in [-0.3, -0.25) is 4.79 Å². The lowest BCUT2D eigenvalue weighted by atomic mass is 10.1. The van der Waals surface area contributed by atoms with Crippen LogP contribution in [0.2, 0.25) is 0 Å². The molecule has 0 aliphatic heterocycles. The number of rotatable bonds is 10. The average molecular weight is 403 g/mol. The molecule has 3 rings (SSSR count). The van der Waals surface area contributed by atoms with Gasteiger partial charge >= 0.3 is 0 Å². The fourth-order valence-corrected chi connectivity index (χ4v) is 4.33. The molecule has 0 saturated heterocycles. The van der Waals surface area contributed by atoms with Crippen LogP contribution in [-0.2, 0) is 22.7 Å². The summed E-state index contributed by atoms with van der Waals surface area (Å²) in [6.07, 6.45) is 5.22. The minimum Gasteiger partial charge on any atom is -0.486 e. The number of aromatic nitrogens is 1. The highest BCUT2D eigenvalue weighted by atomic mass is 32.1. The van der Waals surface area contributed by atoms with E-state index in [-0.39, 0.29) is 11.8 Å². The Labute approximate surface area is 171 Å². The van der Waals surface area contributed by atoms with Crippen LogP contribution in [0.15, 0.2) is 29.6 Å². The number of carbonyl (C=O) groups excluding carboxylic acids is 1. The number of nitrogens with zero attached hydrogens (tertiary/aromatic N) is 2.